The van der Waals surface area contributed by atoms with E-state index in [0.29, 0.717) is 24.2 Å². The van der Waals surface area contributed by atoms with E-state index in [2.05, 4.69) is 17.1 Å². The number of piperidine rings is 1. The molecule has 0 spiro atoms. The van der Waals surface area contributed by atoms with Gasteiger partial charge in [-0.1, -0.05) is 17.4 Å². The third-order valence-electron chi connectivity index (χ3n) is 5.62. The minimum absolute atomic E-state index is 0.0284. The van der Waals surface area contributed by atoms with Gasteiger partial charge >= 0.3 is 0 Å². The number of fused-ring (bicyclic) bond motifs is 1. The Balaban J connectivity index is 1.61. The van der Waals surface area contributed by atoms with Crippen LogP contribution in [0.4, 0.5) is 4.39 Å². The fourth-order valence-corrected chi connectivity index (χ4v) is 6.82. The van der Waals surface area contributed by atoms with E-state index in [9.17, 15) is 17.6 Å². The van der Waals surface area contributed by atoms with Crippen molar-refractivity contribution >= 4 is 37.5 Å². The zero-order chi connectivity index (χ0) is 22.3. The highest BCUT2D eigenvalue weighted by atomic mass is 32.2. The molecule has 2 aromatic carbocycles. The summed E-state index contributed by atoms with van der Waals surface area (Å²) >= 11 is 1.46. The molecule has 1 saturated heterocycles. The Kier molecular flexibility index (Phi) is 5.85. The van der Waals surface area contributed by atoms with Gasteiger partial charge in [-0.15, -0.1) is 0 Å². The number of carbonyl (C=O) groups is 1. The normalized spacial score (nSPS) is 18.6. The van der Waals surface area contributed by atoms with Gasteiger partial charge in [-0.2, -0.15) is 9.30 Å². The third-order valence-corrected chi connectivity index (χ3v) is 8.58. The second kappa shape index (κ2) is 8.29. The highest BCUT2D eigenvalue weighted by molar-refractivity contribution is 7.89. The summed E-state index contributed by atoms with van der Waals surface area (Å²) in [6, 6.07) is 8.93. The van der Waals surface area contributed by atoms with E-state index in [4.69, 9.17) is 0 Å². The first-order valence-corrected chi connectivity index (χ1v) is 12.3. The van der Waals surface area contributed by atoms with E-state index in [1.165, 1.54) is 27.8 Å². The van der Waals surface area contributed by atoms with Crippen LogP contribution in [0, 0.1) is 25.6 Å². The van der Waals surface area contributed by atoms with Crippen molar-refractivity contribution in [3.8, 4) is 0 Å². The standard InChI is InChI=1S/C22H24FN3O3S2/c1-14-11-15(2)20-19(12-14)30-22(25(20)3)24-21(27)16-5-4-10-26(13-16)31(28,29)18-8-6-17(23)7-9-18/h6-9,11-12,16H,4-5,10,13H2,1-3H3. The molecule has 164 valence electrons. The second-order valence-corrected chi connectivity index (χ2v) is 10.9. The molecule has 1 fully saturated rings. The van der Waals surface area contributed by atoms with Crippen LogP contribution in [0.25, 0.3) is 10.2 Å². The van der Waals surface area contributed by atoms with Crippen molar-refractivity contribution in [2.24, 2.45) is 18.0 Å². The Morgan fingerprint density at radius 1 is 1.19 bits per heavy atom. The molecule has 6 nitrogen and oxygen atoms in total. The number of carbonyl (C=O) groups excluding carboxylic acids is 1. The minimum atomic E-state index is -3.79. The number of sulfonamides is 1. The number of rotatable bonds is 3. The average Bonchev–Trinajstić information content (AvgIpc) is 3.03. The molecule has 9 heteroatoms. The topological polar surface area (TPSA) is 71.7 Å². The number of amides is 1. The van der Waals surface area contributed by atoms with Crippen LogP contribution in [-0.4, -0.2) is 36.3 Å². The van der Waals surface area contributed by atoms with Gasteiger partial charge in [0.05, 0.1) is 21.0 Å². The van der Waals surface area contributed by atoms with Crippen molar-refractivity contribution in [3.05, 3.63) is 58.1 Å². The van der Waals surface area contributed by atoms with Crippen LogP contribution in [-0.2, 0) is 21.9 Å². The van der Waals surface area contributed by atoms with Crippen LogP contribution in [0.15, 0.2) is 46.3 Å². The van der Waals surface area contributed by atoms with Gasteiger partial charge in [0.15, 0.2) is 4.80 Å². The van der Waals surface area contributed by atoms with E-state index >= 15 is 0 Å². The number of nitrogens with zero attached hydrogens (tertiary/aromatic N) is 3. The summed E-state index contributed by atoms with van der Waals surface area (Å²) in [7, 11) is -1.90. The Bertz CT molecular complexity index is 1320. The molecule has 1 aromatic heterocycles. The average molecular weight is 462 g/mol. The van der Waals surface area contributed by atoms with Crippen LogP contribution in [0.3, 0.4) is 0 Å². The van der Waals surface area contributed by atoms with Crippen LogP contribution in [0.1, 0.15) is 24.0 Å². The second-order valence-electron chi connectivity index (χ2n) is 7.98. The summed E-state index contributed by atoms with van der Waals surface area (Å²) in [4.78, 5) is 18.0. The largest absolute Gasteiger partial charge is 0.319 e. The lowest BCUT2D eigenvalue weighted by atomic mass is 9.99. The lowest BCUT2D eigenvalue weighted by Gasteiger charge is -2.30. The molecule has 3 aromatic rings. The van der Waals surface area contributed by atoms with Gasteiger partial charge in [0, 0.05) is 20.1 Å². The van der Waals surface area contributed by atoms with Gasteiger partial charge in [0.1, 0.15) is 5.82 Å². The van der Waals surface area contributed by atoms with Crippen LogP contribution >= 0.6 is 11.3 Å². The quantitative estimate of drug-likeness (QED) is 0.599. The van der Waals surface area contributed by atoms with Gasteiger partial charge in [-0.3, -0.25) is 4.79 Å². The number of hydrogen-bond donors (Lipinski definition) is 0. The highest BCUT2D eigenvalue weighted by Gasteiger charge is 2.33. The summed E-state index contributed by atoms with van der Waals surface area (Å²) in [6.07, 6.45) is 1.16. The van der Waals surface area contributed by atoms with E-state index in [0.717, 1.165) is 33.5 Å². The number of benzene rings is 2. The van der Waals surface area contributed by atoms with Crippen LogP contribution in [0.5, 0.6) is 0 Å². The minimum Gasteiger partial charge on any atom is -0.319 e. The molecule has 2 heterocycles. The molecule has 31 heavy (non-hydrogen) atoms. The highest BCUT2D eigenvalue weighted by Crippen LogP contribution is 2.26. The molecule has 0 radical (unpaired) electrons. The maximum absolute atomic E-state index is 13.2. The van der Waals surface area contributed by atoms with Crippen molar-refractivity contribution in [2.45, 2.75) is 31.6 Å². The van der Waals surface area contributed by atoms with Crippen LogP contribution < -0.4 is 4.80 Å². The zero-order valence-corrected chi connectivity index (χ0v) is 19.3. The first-order valence-electron chi connectivity index (χ1n) is 10.1. The first kappa shape index (κ1) is 21.9. The van der Waals surface area contributed by atoms with E-state index < -0.39 is 21.8 Å². The Morgan fingerprint density at radius 3 is 2.61 bits per heavy atom. The molecule has 0 N–H and O–H groups in total. The molecule has 0 aliphatic carbocycles. The summed E-state index contributed by atoms with van der Waals surface area (Å²) in [5.74, 6) is -1.31. The zero-order valence-electron chi connectivity index (χ0n) is 17.6. The van der Waals surface area contributed by atoms with E-state index in [1.807, 2.05) is 25.5 Å². The molecule has 1 aliphatic heterocycles. The lowest BCUT2D eigenvalue weighted by molar-refractivity contribution is -0.122. The van der Waals surface area contributed by atoms with E-state index in [-0.39, 0.29) is 17.3 Å². The third kappa shape index (κ3) is 4.22. The van der Waals surface area contributed by atoms with Gasteiger partial charge in [-0.25, -0.2) is 12.8 Å². The molecular formula is C22H24FN3O3S2. The van der Waals surface area contributed by atoms with Crippen molar-refractivity contribution in [1.29, 1.82) is 0 Å². The van der Waals surface area contributed by atoms with Gasteiger partial charge < -0.3 is 4.57 Å². The first-order chi connectivity index (χ1) is 14.7. The molecule has 1 amide bonds. The summed E-state index contributed by atoms with van der Waals surface area (Å²) in [5.41, 5.74) is 3.32. The molecule has 0 bridgehead atoms. The number of thiazole rings is 1. The summed E-state index contributed by atoms with van der Waals surface area (Å²) in [5, 5.41) is 0. The SMILES string of the molecule is Cc1cc(C)c2c(c1)sc(=NC(=O)C1CCCN(S(=O)(=O)c3ccc(F)cc3)C1)n2C. The molecule has 4 rings (SSSR count). The molecule has 0 saturated carbocycles. The number of hydrogen-bond acceptors (Lipinski definition) is 4. The van der Waals surface area contributed by atoms with Crippen molar-refractivity contribution in [2.75, 3.05) is 13.1 Å². The maximum atomic E-state index is 13.2. The monoisotopic (exact) mass is 461 g/mol. The lowest BCUT2D eigenvalue weighted by Crippen LogP contribution is -2.42. The van der Waals surface area contributed by atoms with Gasteiger partial charge in [0.25, 0.3) is 5.91 Å². The summed E-state index contributed by atoms with van der Waals surface area (Å²) in [6.45, 7) is 4.48. The Labute approximate surface area is 184 Å². The molecule has 1 atom stereocenters. The van der Waals surface area contributed by atoms with Crippen molar-refractivity contribution < 1.29 is 17.6 Å². The fraction of sp³-hybridized carbons (Fsp3) is 0.364. The van der Waals surface area contributed by atoms with Crippen LogP contribution in [0.2, 0.25) is 0 Å². The Morgan fingerprint density at radius 2 is 1.90 bits per heavy atom. The molecule has 1 unspecified atom stereocenters. The fourth-order valence-electron chi connectivity index (χ4n) is 4.09. The number of aromatic nitrogens is 1. The summed E-state index contributed by atoms with van der Waals surface area (Å²) < 4.78 is 43.3. The molecular weight excluding hydrogens is 437 g/mol. The van der Waals surface area contributed by atoms with E-state index in [1.54, 1.807) is 0 Å². The molecule has 1 aliphatic rings. The van der Waals surface area contributed by atoms with Gasteiger partial charge in [0.2, 0.25) is 10.0 Å². The maximum Gasteiger partial charge on any atom is 0.252 e. The Hall–Kier alpha value is -2.36. The number of aryl methyl sites for hydroxylation is 3. The predicted octanol–water partition coefficient (Wildman–Crippen LogP) is 3.52. The predicted molar refractivity (Wildman–Crippen MR) is 119 cm³/mol. The van der Waals surface area contributed by atoms with Crippen molar-refractivity contribution in [3.63, 3.8) is 0 Å². The van der Waals surface area contributed by atoms with Crippen molar-refractivity contribution in [1.82, 2.24) is 8.87 Å². The van der Waals surface area contributed by atoms with Gasteiger partial charge in [-0.05, 0) is 68.1 Å². The number of halogens is 1. The smallest absolute Gasteiger partial charge is 0.252 e.